The average Bonchev–Trinajstić information content (AvgIpc) is 2.37. The van der Waals surface area contributed by atoms with Gasteiger partial charge in [0.1, 0.15) is 6.29 Å². The number of nitrogens with two attached hydrogens (primary N) is 1. The Bertz CT molecular complexity index is 483. The van der Waals surface area contributed by atoms with Crippen molar-refractivity contribution in [1.82, 2.24) is 4.90 Å². The van der Waals surface area contributed by atoms with E-state index in [1.807, 2.05) is 6.92 Å². The Morgan fingerprint density at radius 1 is 1.28 bits per heavy atom. The monoisotopic (exact) mass is 248 g/mol. The molecule has 0 aliphatic heterocycles. The van der Waals surface area contributed by atoms with Gasteiger partial charge in [-0.1, -0.05) is 6.92 Å². The van der Waals surface area contributed by atoms with Crippen LogP contribution >= 0.6 is 0 Å². The van der Waals surface area contributed by atoms with Crippen LogP contribution in [-0.4, -0.2) is 36.6 Å². The molecule has 0 atom stereocenters. The van der Waals surface area contributed by atoms with E-state index in [1.165, 1.54) is 23.1 Å². The average molecular weight is 248 g/mol. The Labute approximate surface area is 106 Å². The highest BCUT2D eigenvalue weighted by Crippen LogP contribution is 2.11. The summed E-state index contributed by atoms with van der Waals surface area (Å²) in [5.41, 5.74) is 5.88. The van der Waals surface area contributed by atoms with E-state index in [1.54, 1.807) is 7.05 Å². The highest BCUT2D eigenvalue weighted by molar-refractivity contribution is 6.01. The molecular formula is C13H16N2O3. The van der Waals surface area contributed by atoms with Crippen LogP contribution in [0.5, 0.6) is 0 Å². The summed E-state index contributed by atoms with van der Waals surface area (Å²) in [6.45, 7) is 2.57. The summed E-state index contributed by atoms with van der Waals surface area (Å²) in [5.74, 6) is -0.894. The summed E-state index contributed by atoms with van der Waals surface area (Å²) in [7, 11) is 1.67. The second-order valence-electron chi connectivity index (χ2n) is 4.05. The summed E-state index contributed by atoms with van der Waals surface area (Å²) in [6.07, 6.45) is 1.42. The van der Waals surface area contributed by atoms with Crippen LogP contribution in [0.3, 0.4) is 0 Å². The van der Waals surface area contributed by atoms with Crippen molar-refractivity contribution in [2.24, 2.45) is 5.73 Å². The van der Waals surface area contributed by atoms with Gasteiger partial charge >= 0.3 is 0 Å². The molecule has 1 rings (SSSR count). The molecule has 1 aromatic carbocycles. The lowest BCUT2D eigenvalue weighted by molar-refractivity contribution is 0.0795. The van der Waals surface area contributed by atoms with Gasteiger partial charge in [0.05, 0.1) is 0 Å². The van der Waals surface area contributed by atoms with Crippen molar-refractivity contribution in [2.75, 3.05) is 13.6 Å². The lowest BCUT2D eigenvalue weighted by Crippen LogP contribution is -2.28. The first-order chi connectivity index (χ1) is 8.49. The lowest BCUT2D eigenvalue weighted by Gasteiger charge is -2.16. The highest BCUT2D eigenvalue weighted by atomic mass is 16.2. The van der Waals surface area contributed by atoms with Gasteiger partial charge in [-0.25, -0.2) is 0 Å². The maximum absolute atomic E-state index is 12.0. The van der Waals surface area contributed by atoms with Crippen LogP contribution in [0.2, 0.25) is 0 Å². The second-order valence-corrected chi connectivity index (χ2v) is 4.05. The smallest absolute Gasteiger partial charge is 0.253 e. The molecule has 0 aliphatic carbocycles. The Kier molecular flexibility index (Phi) is 4.59. The fourth-order valence-electron chi connectivity index (χ4n) is 1.64. The van der Waals surface area contributed by atoms with Gasteiger partial charge in [0.25, 0.3) is 5.91 Å². The zero-order chi connectivity index (χ0) is 13.7. The number of primary amides is 1. The van der Waals surface area contributed by atoms with E-state index in [9.17, 15) is 14.4 Å². The maximum atomic E-state index is 12.0. The molecule has 0 saturated carbocycles. The van der Waals surface area contributed by atoms with E-state index in [0.29, 0.717) is 18.4 Å². The molecule has 96 valence electrons. The molecule has 0 saturated heterocycles. The predicted octanol–water partition coefficient (Wildman–Crippen LogP) is 1.08. The minimum atomic E-state index is -0.661. The van der Waals surface area contributed by atoms with Crippen molar-refractivity contribution in [3.63, 3.8) is 0 Å². The van der Waals surface area contributed by atoms with Crippen molar-refractivity contribution < 1.29 is 14.4 Å². The van der Waals surface area contributed by atoms with E-state index >= 15 is 0 Å². The van der Waals surface area contributed by atoms with E-state index < -0.39 is 5.91 Å². The van der Waals surface area contributed by atoms with Gasteiger partial charge in [-0.15, -0.1) is 0 Å². The molecule has 0 aliphatic rings. The van der Waals surface area contributed by atoms with Crippen molar-refractivity contribution in [3.05, 3.63) is 34.9 Å². The minimum absolute atomic E-state index is 0.160. The molecule has 0 radical (unpaired) electrons. The third-order valence-corrected chi connectivity index (χ3v) is 2.53. The molecule has 0 aromatic heterocycles. The van der Waals surface area contributed by atoms with Crippen LogP contribution < -0.4 is 5.73 Å². The molecule has 1 aromatic rings. The normalized spacial score (nSPS) is 9.89. The Balaban J connectivity index is 3.15. The molecule has 0 heterocycles. The second kappa shape index (κ2) is 5.95. The van der Waals surface area contributed by atoms with Gasteiger partial charge in [-0.3, -0.25) is 14.4 Å². The lowest BCUT2D eigenvalue weighted by atomic mass is 10.0. The molecule has 0 unspecified atom stereocenters. The standard InChI is InChI=1S/C13H16N2O3/c1-3-4-15(2)13(18)11-6-9(8-16)5-10(7-11)12(14)17/h5-8H,3-4H2,1-2H3,(H2,14,17). The molecule has 2 amide bonds. The van der Waals surface area contributed by atoms with E-state index in [0.717, 1.165) is 6.42 Å². The first-order valence-corrected chi connectivity index (χ1v) is 5.65. The van der Waals surface area contributed by atoms with Gasteiger partial charge < -0.3 is 10.6 Å². The Morgan fingerprint density at radius 3 is 2.39 bits per heavy atom. The molecular weight excluding hydrogens is 232 g/mol. The number of benzene rings is 1. The maximum Gasteiger partial charge on any atom is 0.253 e. The van der Waals surface area contributed by atoms with E-state index in [4.69, 9.17) is 5.73 Å². The largest absolute Gasteiger partial charge is 0.366 e. The van der Waals surface area contributed by atoms with Crippen LogP contribution in [0.15, 0.2) is 18.2 Å². The molecule has 2 N–H and O–H groups in total. The Morgan fingerprint density at radius 2 is 1.89 bits per heavy atom. The third kappa shape index (κ3) is 3.16. The van der Waals surface area contributed by atoms with Crippen LogP contribution in [0, 0.1) is 0 Å². The van der Waals surface area contributed by atoms with E-state index in [-0.39, 0.29) is 17.0 Å². The van der Waals surface area contributed by atoms with Gasteiger partial charge in [-0.05, 0) is 24.6 Å². The van der Waals surface area contributed by atoms with Gasteiger partial charge in [0.15, 0.2) is 0 Å². The number of carbonyl (C=O) groups is 3. The van der Waals surface area contributed by atoms with Crippen LogP contribution in [-0.2, 0) is 0 Å². The van der Waals surface area contributed by atoms with Crippen molar-refractivity contribution in [3.8, 4) is 0 Å². The number of hydrogen-bond donors (Lipinski definition) is 1. The number of amides is 2. The number of rotatable bonds is 5. The summed E-state index contributed by atoms with van der Waals surface area (Å²) in [5, 5.41) is 0. The van der Waals surface area contributed by atoms with Gasteiger partial charge in [0, 0.05) is 30.3 Å². The van der Waals surface area contributed by atoms with E-state index in [2.05, 4.69) is 0 Å². The first-order valence-electron chi connectivity index (χ1n) is 5.65. The van der Waals surface area contributed by atoms with Crippen LogP contribution in [0.1, 0.15) is 44.4 Å². The van der Waals surface area contributed by atoms with Crippen LogP contribution in [0.25, 0.3) is 0 Å². The van der Waals surface area contributed by atoms with Gasteiger partial charge in [-0.2, -0.15) is 0 Å². The molecule has 5 nitrogen and oxygen atoms in total. The minimum Gasteiger partial charge on any atom is -0.366 e. The number of hydrogen-bond acceptors (Lipinski definition) is 3. The summed E-state index contributed by atoms with van der Waals surface area (Å²) in [6, 6.07) is 4.23. The van der Waals surface area contributed by atoms with Crippen molar-refractivity contribution >= 4 is 18.1 Å². The first kappa shape index (κ1) is 13.9. The summed E-state index contributed by atoms with van der Waals surface area (Å²) >= 11 is 0. The zero-order valence-electron chi connectivity index (χ0n) is 10.5. The molecule has 0 bridgehead atoms. The predicted molar refractivity (Wildman–Crippen MR) is 67.6 cm³/mol. The van der Waals surface area contributed by atoms with Gasteiger partial charge in [0.2, 0.25) is 5.91 Å². The number of carbonyl (C=O) groups excluding carboxylic acids is 3. The number of nitrogens with zero attached hydrogens (tertiary/aromatic N) is 1. The van der Waals surface area contributed by atoms with Crippen molar-refractivity contribution in [1.29, 1.82) is 0 Å². The zero-order valence-corrected chi connectivity index (χ0v) is 10.5. The fourth-order valence-corrected chi connectivity index (χ4v) is 1.64. The highest BCUT2D eigenvalue weighted by Gasteiger charge is 2.14. The summed E-state index contributed by atoms with van der Waals surface area (Å²) in [4.78, 5) is 35.5. The molecule has 0 spiro atoms. The molecule has 0 fully saturated rings. The summed E-state index contributed by atoms with van der Waals surface area (Å²) < 4.78 is 0. The third-order valence-electron chi connectivity index (χ3n) is 2.53. The quantitative estimate of drug-likeness (QED) is 0.792. The number of aldehydes is 1. The Hall–Kier alpha value is -2.17. The topological polar surface area (TPSA) is 80.5 Å². The molecule has 18 heavy (non-hydrogen) atoms. The van der Waals surface area contributed by atoms with Crippen molar-refractivity contribution in [2.45, 2.75) is 13.3 Å². The molecule has 5 heteroatoms. The fraction of sp³-hybridized carbons (Fsp3) is 0.308. The SMILES string of the molecule is CCCN(C)C(=O)c1cc(C=O)cc(C(N)=O)c1. The van der Waals surface area contributed by atoms with Crippen LogP contribution in [0.4, 0.5) is 0 Å².